The van der Waals surface area contributed by atoms with Crippen LogP contribution < -0.4 is 0 Å². The normalized spacial score (nSPS) is 11.5. The van der Waals surface area contributed by atoms with Gasteiger partial charge in [-0.2, -0.15) is 13.2 Å². The van der Waals surface area contributed by atoms with Crippen LogP contribution in [0.3, 0.4) is 0 Å². The third-order valence-electron chi connectivity index (χ3n) is 2.62. The fourth-order valence-electron chi connectivity index (χ4n) is 1.66. The molecule has 0 heterocycles. The summed E-state index contributed by atoms with van der Waals surface area (Å²) >= 11 is 2.91. The minimum absolute atomic E-state index is 0.0470. The molecule has 0 bridgehead atoms. The van der Waals surface area contributed by atoms with Crippen molar-refractivity contribution in [2.45, 2.75) is 25.9 Å². The quantitative estimate of drug-likeness (QED) is 0.717. The van der Waals surface area contributed by atoms with Gasteiger partial charge < -0.3 is 4.90 Å². The van der Waals surface area contributed by atoms with E-state index in [1.54, 1.807) is 6.92 Å². The van der Waals surface area contributed by atoms with E-state index in [1.807, 2.05) is 0 Å². The second-order valence-electron chi connectivity index (χ2n) is 4.30. The lowest BCUT2D eigenvalue weighted by Crippen LogP contribution is -2.40. The first kappa shape index (κ1) is 16.9. The van der Waals surface area contributed by atoms with Crippen LogP contribution >= 0.6 is 15.9 Å². The number of benzene rings is 1. The van der Waals surface area contributed by atoms with Crippen LogP contribution in [-0.2, 0) is 0 Å². The summed E-state index contributed by atoms with van der Waals surface area (Å²) in [5, 5.41) is 0. The molecule has 7 heteroatoms. The Labute approximate surface area is 122 Å². The van der Waals surface area contributed by atoms with Crippen molar-refractivity contribution in [2.24, 2.45) is 0 Å². The summed E-state index contributed by atoms with van der Waals surface area (Å²) < 4.78 is 51.3. The van der Waals surface area contributed by atoms with Crippen molar-refractivity contribution >= 4 is 21.8 Å². The van der Waals surface area contributed by atoms with E-state index in [-0.39, 0.29) is 16.6 Å². The Balaban J connectivity index is 3.00. The van der Waals surface area contributed by atoms with Gasteiger partial charge in [-0.15, -0.1) is 0 Å². The fourth-order valence-corrected chi connectivity index (χ4v) is 2.02. The van der Waals surface area contributed by atoms with E-state index >= 15 is 0 Å². The molecule has 0 fully saturated rings. The standard InChI is InChI=1S/C13H14BrF4NO/c1-2-3-7-19(8-13(16,17)18)12(20)9-5-4-6-10(14)11(9)15/h4-6H,2-3,7-8H2,1H3. The van der Waals surface area contributed by atoms with E-state index in [1.165, 1.54) is 18.2 Å². The Morgan fingerprint density at radius 2 is 2.00 bits per heavy atom. The lowest BCUT2D eigenvalue weighted by molar-refractivity contribution is -0.140. The molecule has 0 aliphatic carbocycles. The maximum atomic E-state index is 13.8. The van der Waals surface area contributed by atoms with Crippen LogP contribution in [0.1, 0.15) is 30.1 Å². The van der Waals surface area contributed by atoms with Gasteiger partial charge in [0.2, 0.25) is 0 Å². The van der Waals surface area contributed by atoms with E-state index in [2.05, 4.69) is 15.9 Å². The van der Waals surface area contributed by atoms with E-state index in [9.17, 15) is 22.4 Å². The number of alkyl halides is 3. The molecule has 1 aromatic rings. The van der Waals surface area contributed by atoms with Gasteiger partial charge >= 0.3 is 6.18 Å². The Kier molecular flexibility index (Phi) is 5.98. The number of unbranched alkanes of at least 4 members (excludes halogenated alkanes) is 1. The number of halogens is 5. The third kappa shape index (κ3) is 4.77. The fraction of sp³-hybridized carbons (Fsp3) is 0.462. The number of amides is 1. The molecular formula is C13H14BrF4NO. The van der Waals surface area contributed by atoms with Gasteiger partial charge in [0, 0.05) is 6.54 Å². The smallest absolute Gasteiger partial charge is 0.329 e. The lowest BCUT2D eigenvalue weighted by Gasteiger charge is -2.24. The SMILES string of the molecule is CCCCN(CC(F)(F)F)C(=O)c1cccc(Br)c1F. The molecule has 0 atom stereocenters. The number of carbonyl (C=O) groups is 1. The van der Waals surface area contributed by atoms with Crippen LogP contribution in [0.2, 0.25) is 0 Å². The zero-order valence-corrected chi connectivity index (χ0v) is 12.4. The molecule has 0 aliphatic heterocycles. The van der Waals surface area contributed by atoms with Gasteiger partial charge in [0.05, 0.1) is 10.0 Å². The van der Waals surface area contributed by atoms with Crippen molar-refractivity contribution in [1.82, 2.24) is 4.90 Å². The van der Waals surface area contributed by atoms with Crippen LogP contribution in [0.4, 0.5) is 17.6 Å². The van der Waals surface area contributed by atoms with Gasteiger partial charge in [0.25, 0.3) is 5.91 Å². The van der Waals surface area contributed by atoms with Gasteiger partial charge in [0.15, 0.2) is 0 Å². The summed E-state index contributed by atoms with van der Waals surface area (Å²) in [4.78, 5) is 12.7. The summed E-state index contributed by atoms with van der Waals surface area (Å²) in [5.41, 5.74) is -0.361. The van der Waals surface area contributed by atoms with Crippen molar-refractivity contribution in [3.8, 4) is 0 Å². The van der Waals surface area contributed by atoms with Gasteiger partial charge in [-0.1, -0.05) is 19.4 Å². The highest BCUT2D eigenvalue weighted by Crippen LogP contribution is 2.22. The molecule has 0 aromatic heterocycles. The Hall–Kier alpha value is -1.11. The average molecular weight is 356 g/mol. The van der Waals surface area contributed by atoms with Crippen LogP contribution in [0.25, 0.3) is 0 Å². The molecule has 0 unspecified atom stereocenters. The molecule has 0 radical (unpaired) electrons. The molecular weight excluding hydrogens is 342 g/mol. The number of nitrogens with zero attached hydrogens (tertiary/aromatic N) is 1. The van der Waals surface area contributed by atoms with Gasteiger partial charge in [-0.05, 0) is 34.5 Å². The third-order valence-corrected chi connectivity index (χ3v) is 3.23. The number of rotatable bonds is 5. The summed E-state index contributed by atoms with van der Waals surface area (Å²) in [6, 6.07) is 3.97. The van der Waals surface area contributed by atoms with Crippen LogP contribution in [0, 0.1) is 5.82 Å². The molecule has 1 amide bonds. The molecule has 0 N–H and O–H groups in total. The first-order valence-corrected chi connectivity index (χ1v) is 6.85. The number of hydrogen-bond acceptors (Lipinski definition) is 1. The van der Waals surface area contributed by atoms with E-state index in [4.69, 9.17) is 0 Å². The predicted molar refractivity (Wildman–Crippen MR) is 71.0 cm³/mol. The first-order chi connectivity index (χ1) is 9.26. The van der Waals surface area contributed by atoms with Crippen molar-refractivity contribution in [3.63, 3.8) is 0 Å². The average Bonchev–Trinajstić information content (AvgIpc) is 2.35. The highest BCUT2D eigenvalue weighted by atomic mass is 79.9. The molecule has 0 aliphatic rings. The van der Waals surface area contributed by atoms with Crippen molar-refractivity contribution < 1.29 is 22.4 Å². The van der Waals surface area contributed by atoms with Crippen molar-refractivity contribution in [3.05, 3.63) is 34.1 Å². The number of carbonyl (C=O) groups excluding carboxylic acids is 1. The second-order valence-corrected chi connectivity index (χ2v) is 5.15. The minimum Gasteiger partial charge on any atom is -0.329 e. The van der Waals surface area contributed by atoms with Gasteiger partial charge in [0.1, 0.15) is 12.4 Å². The first-order valence-electron chi connectivity index (χ1n) is 6.06. The second kappa shape index (κ2) is 7.06. The maximum Gasteiger partial charge on any atom is 0.406 e. The summed E-state index contributed by atoms with van der Waals surface area (Å²) in [6.45, 7) is 0.370. The molecule has 1 rings (SSSR count). The molecule has 0 saturated carbocycles. The maximum absolute atomic E-state index is 13.8. The molecule has 2 nitrogen and oxygen atoms in total. The zero-order valence-electron chi connectivity index (χ0n) is 10.8. The predicted octanol–water partition coefficient (Wildman–Crippen LogP) is 4.39. The molecule has 1 aromatic carbocycles. The van der Waals surface area contributed by atoms with E-state index in [0.717, 1.165) is 0 Å². The molecule has 0 spiro atoms. The molecule has 112 valence electrons. The van der Waals surface area contributed by atoms with Crippen LogP contribution in [0.15, 0.2) is 22.7 Å². The van der Waals surface area contributed by atoms with Crippen LogP contribution in [-0.4, -0.2) is 30.1 Å². The van der Waals surface area contributed by atoms with E-state index in [0.29, 0.717) is 17.7 Å². The van der Waals surface area contributed by atoms with Crippen LogP contribution in [0.5, 0.6) is 0 Å². The van der Waals surface area contributed by atoms with E-state index < -0.39 is 24.4 Å². The zero-order chi connectivity index (χ0) is 15.3. The highest BCUT2D eigenvalue weighted by molar-refractivity contribution is 9.10. The monoisotopic (exact) mass is 355 g/mol. The number of hydrogen-bond donors (Lipinski definition) is 0. The van der Waals surface area contributed by atoms with Gasteiger partial charge in [-0.25, -0.2) is 4.39 Å². The lowest BCUT2D eigenvalue weighted by atomic mass is 10.1. The Morgan fingerprint density at radius 3 is 2.55 bits per heavy atom. The summed E-state index contributed by atoms with van der Waals surface area (Å²) in [7, 11) is 0. The largest absolute Gasteiger partial charge is 0.406 e. The van der Waals surface area contributed by atoms with Crippen molar-refractivity contribution in [1.29, 1.82) is 0 Å². The summed E-state index contributed by atoms with van der Waals surface area (Å²) in [5.74, 6) is -1.80. The molecule has 20 heavy (non-hydrogen) atoms. The Bertz CT molecular complexity index is 476. The Morgan fingerprint density at radius 1 is 1.35 bits per heavy atom. The topological polar surface area (TPSA) is 20.3 Å². The highest BCUT2D eigenvalue weighted by Gasteiger charge is 2.33. The molecule has 0 saturated heterocycles. The van der Waals surface area contributed by atoms with Crippen molar-refractivity contribution in [2.75, 3.05) is 13.1 Å². The minimum atomic E-state index is -4.51. The van der Waals surface area contributed by atoms with Gasteiger partial charge in [-0.3, -0.25) is 4.79 Å². The summed E-state index contributed by atoms with van der Waals surface area (Å²) in [6.07, 6.45) is -3.44.